The number of carboxylic acid groups (broad SMARTS) is 1. The molecule has 0 saturated carbocycles. The van der Waals surface area contributed by atoms with Crippen LogP contribution in [0.3, 0.4) is 0 Å². The Morgan fingerprint density at radius 1 is 0.839 bits per heavy atom. The molecule has 178 valence electrons. The second-order valence-electron chi connectivity index (χ2n) is 5.72. The van der Waals surface area contributed by atoms with Crippen molar-refractivity contribution in [3.8, 4) is 0 Å². The SMILES string of the molecule is C=C(C)C(=O)OC.C=C(C)C(=O)OCCCC.C=C(C)C(=O)OCCO.C=CC(=O)O. The molecule has 0 spiro atoms. The summed E-state index contributed by atoms with van der Waals surface area (Å²) in [6.45, 7) is 20.4. The summed E-state index contributed by atoms with van der Waals surface area (Å²) >= 11 is 0. The number of carbonyl (C=O) groups is 4. The van der Waals surface area contributed by atoms with Crippen molar-refractivity contribution in [2.45, 2.75) is 40.5 Å². The summed E-state index contributed by atoms with van der Waals surface area (Å²) in [5, 5.41) is 15.8. The monoisotopic (exact) mass is 444 g/mol. The van der Waals surface area contributed by atoms with Crippen LogP contribution in [-0.2, 0) is 33.4 Å². The zero-order chi connectivity index (χ0) is 25.4. The van der Waals surface area contributed by atoms with Gasteiger partial charge in [-0.2, -0.15) is 0 Å². The molecule has 0 rings (SSSR count). The van der Waals surface area contributed by atoms with E-state index in [9.17, 15) is 19.2 Å². The predicted molar refractivity (Wildman–Crippen MR) is 118 cm³/mol. The Morgan fingerprint density at radius 3 is 1.39 bits per heavy atom. The molecule has 0 atom stereocenters. The minimum absolute atomic E-state index is 0.0473. The molecule has 0 aromatic heterocycles. The number of hydrogen-bond donors (Lipinski definition) is 2. The molecule has 31 heavy (non-hydrogen) atoms. The second-order valence-corrected chi connectivity index (χ2v) is 5.72. The van der Waals surface area contributed by atoms with E-state index < -0.39 is 11.9 Å². The summed E-state index contributed by atoms with van der Waals surface area (Å²) in [5.41, 5.74) is 1.25. The first-order valence-corrected chi connectivity index (χ1v) is 9.17. The molecule has 0 aromatic rings. The van der Waals surface area contributed by atoms with E-state index in [4.69, 9.17) is 14.9 Å². The molecule has 0 saturated heterocycles. The van der Waals surface area contributed by atoms with Crippen molar-refractivity contribution in [2.75, 3.05) is 26.9 Å². The number of unbranched alkanes of at least 4 members (excludes halogenated alkanes) is 1. The largest absolute Gasteiger partial charge is 0.478 e. The Bertz CT molecular complexity index is 604. The summed E-state index contributed by atoms with van der Waals surface area (Å²) in [7, 11) is 1.33. The van der Waals surface area contributed by atoms with Gasteiger partial charge in [0.1, 0.15) is 6.61 Å². The highest BCUT2D eigenvalue weighted by Gasteiger charge is 2.00. The van der Waals surface area contributed by atoms with Gasteiger partial charge in [-0.1, -0.05) is 39.7 Å². The van der Waals surface area contributed by atoms with Crippen LogP contribution in [0.1, 0.15) is 40.5 Å². The third-order valence-electron chi connectivity index (χ3n) is 2.46. The Labute approximate surface area is 184 Å². The maximum Gasteiger partial charge on any atom is 0.333 e. The van der Waals surface area contributed by atoms with Crippen molar-refractivity contribution in [2.24, 2.45) is 0 Å². The number of rotatable bonds is 9. The smallest absolute Gasteiger partial charge is 0.333 e. The number of ether oxygens (including phenoxy) is 3. The minimum Gasteiger partial charge on any atom is -0.478 e. The van der Waals surface area contributed by atoms with Crippen LogP contribution in [0.2, 0.25) is 0 Å². The summed E-state index contributed by atoms with van der Waals surface area (Å²) < 4.78 is 13.5. The molecule has 2 N–H and O–H groups in total. The third-order valence-corrected chi connectivity index (χ3v) is 2.46. The van der Waals surface area contributed by atoms with Gasteiger partial charge in [0.15, 0.2) is 0 Å². The van der Waals surface area contributed by atoms with Crippen molar-refractivity contribution >= 4 is 23.9 Å². The lowest BCUT2D eigenvalue weighted by Gasteiger charge is -2.01. The van der Waals surface area contributed by atoms with Crippen LogP contribution in [0.4, 0.5) is 0 Å². The lowest BCUT2D eigenvalue weighted by atomic mass is 10.3. The first-order chi connectivity index (χ1) is 14.3. The third kappa shape index (κ3) is 34.7. The van der Waals surface area contributed by atoms with Gasteiger partial charge in [0, 0.05) is 22.8 Å². The number of carboxylic acids is 1. The van der Waals surface area contributed by atoms with E-state index in [1.165, 1.54) is 7.11 Å². The molecule has 0 aliphatic carbocycles. The lowest BCUT2D eigenvalue weighted by molar-refractivity contribution is -0.140. The van der Waals surface area contributed by atoms with Crippen molar-refractivity contribution in [1.29, 1.82) is 0 Å². The molecule has 0 aromatic carbocycles. The van der Waals surface area contributed by atoms with Crippen LogP contribution < -0.4 is 0 Å². The minimum atomic E-state index is -0.981. The van der Waals surface area contributed by atoms with E-state index in [2.05, 4.69) is 42.7 Å². The lowest BCUT2D eigenvalue weighted by Crippen LogP contribution is -2.08. The Hall–Kier alpha value is -3.20. The van der Waals surface area contributed by atoms with Crippen LogP contribution in [-0.4, -0.2) is 61.0 Å². The summed E-state index contributed by atoms with van der Waals surface area (Å²) in [6.07, 6.45) is 2.81. The molecular formula is C22H36O9. The van der Waals surface area contributed by atoms with E-state index >= 15 is 0 Å². The van der Waals surface area contributed by atoms with E-state index in [0.29, 0.717) is 23.3 Å². The van der Waals surface area contributed by atoms with Crippen LogP contribution in [0.5, 0.6) is 0 Å². The van der Waals surface area contributed by atoms with Gasteiger partial charge in [-0.25, -0.2) is 19.2 Å². The fourth-order valence-corrected chi connectivity index (χ4v) is 0.868. The van der Waals surface area contributed by atoms with Crippen molar-refractivity contribution in [3.63, 3.8) is 0 Å². The normalized spacial score (nSPS) is 8.19. The molecule has 0 aliphatic heterocycles. The molecule has 0 fully saturated rings. The number of hydrogen-bond acceptors (Lipinski definition) is 8. The quantitative estimate of drug-likeness (QED) is 0.238. The van der Waals surface area contributed by atoms with E-state index in [-0.39, 0.29) is 25.2 Å². The summed E-state index contributed by atoms with van der Waals surface area (Å²) in [4.78, 5) is 40.6. The van der Waals surface area contributed by atoms with Crippen molar-refractivity contribution in [1.82, 2.24) is 0 Å². The number of carbonyl (C=O) groups excluding carboxylic acids is 3. The number of aliphatic carboxylic acids is 1. The highest BCUT2D eigenvalue weighted by atomic mass is 16.5. The van der Waals surface area contributed by atoms with Gasteiger partial charge in [0.05, 0.1) is 20.3 Å². The molecular weight excluding hydrogens is 408 g/mol. The summed E-state index contributed by atoms with van der Waals surface area (Å²) in [5.74, 6) is -2.07. The molecule has 0 heterocycles. The van der Waals surface area contributed by atoms with Gasteiger partial charge in [0.2, 0.25) is 0 Å². The molecule has 0 amide bonds. The van der Waals surface area contributed by atoms with Gasteiger partial charge in [0.25, 0.3) is 0 Å². The van der Waals surface area contributed by atoms with Crippen LogP contribution >= 0.6 is 0 Å². The molecule has 9 heteroatoms. The van der Waals surface area contributed by atoms with Crippen molar-refractivity contribution < 1.29 is 43.6 Å². The zero-order valence-electron chi connectivity index (χ0n) is 19.2. The molecule has 9 nitrogen and oxygen atoms in total. The van der Waals surface area contributed by atoms with Crippen LogP contribution in [0, 0.1) is 0 Å². The molecule has 0 radical (unpaired) electrons. The summed E-state index contributed by atoms with van der Waals surface area (Å²) in [6, 6.07) is 0. The van der Waals surface area contributed by atoms with Gasteiger partial charge in [-0.05, 0) is 27.2 Å². The number of aliphatic hydroxyl groups excluding tert-OH is 1. The first kappa shape index (κ1) is 35.3. The van der Waals surface area contributed by atoms with E-state index in [1.807, 2.05) is 0 Å². The molecule has 0 bridgehead atoms. The van der Waals surface area contributed by atoms with E-state index in [1.54, 1.807) is 20.8 Å². The highest BCUT2D eigenvalue weighted by molar-refractivity contribution is 5.87. The van der Waals surface area contributed by atoms with Crippen molar-refractivity contribution in [3.05, 3.63) is 49.1 Å². The Balaban J connectivity index is -0.000000161. The maximum absolute atomic E-state index is 10.7. The fraction of sp³-hybridized carbons (Fsp3) is 0.455. The standard InChI is InChI=1S/C8H14O2.C6H10O3.C5H8O2.C3H4O2/c1-4-5-6-10-8(9)7(2)3;1-5(2)6(8)9-4-3-7;1-4(2)5(6)7-3;1-2-3(4)5/h2,4-6H2,1,3H3;7H,1,3-4H2,2H3;1H2,2-3H3;2H,1H2,(H,4,5). The van der Waals surface area contributed by atoms with Crippen LogP contribution in [0.15, 0.2) is 49.1 Å². The average molecular weight is 445 g/mol. The van der Waals surface area contributed by atoms with Gasteiger partial charge in [-0.3, -0.25) is 0 Å². The first-order valence-electron chi connectivity index (χ1n) is 9.17. The van der Waals surface area contributed by atoms with E-state index in [0.717, 1.165) is 18.9 Å². The van der Waals surface area contributed by atoms with Gasteiger partial charge < -0.3 is 24.4 Å². The Kier molecular flexibility index (Phi) is 28.2. The van der Waals surface area contributed by atoms with Gasteiger partial charge in [-0.15, -0.1) is 0 Å². The fourth-order valence-electron chi connectivity index (χ4n) is 0.868. The molecule has 0 aliphatic rings. The molecule has 0 unspecified atom stereocenters. The number of esters is 3. The predicted octanol–water partition coefficient (Wildman–Crippen LogP) is 3.00. The number of methoxy groups -OCH3 is 1. The Morgan fingerprint density at radius 2 is 1.19 bits per heavy atom. The average Bonchev–Trinajstić information content (AvgIpc) is 2.72. The topological polar surface area (TPSA) is 136 Å². The van der Waals surface area contributed by atoms with Gasteiger partial charge >= 0.3 is 23.9 Å². The van der Waals surface area contributed by atoms with Crippen LogP contribution in [0.25, 0.3) is 0 Å². The zero-order valence-corrected chi connectivity index (χ0v) is 19.2. The second kappa shape index (κ2) is 24.8. The maximum atomic E-state index is 10.7. The number of aliphatic hydroxyl groups is 1. The highest BCUT2D eigenvalue weighted by Crippen LogP contribution is 1.94.